The quantitative estimate of drug-likeness (QED) is 0.909. The molecule has 1 amide bonds. The van der Waals surface area contributed by atoms with Gasteiger partial charge in [0.1, 0.15) is 0 Å². The van der Waals surface area contributed by atoms with Gasteiger partial charge >= 0.3 is 6.09 Å². The summed E-state index contributed by atoms with van der Waals surface area (Å²) < 4.78 is 23.1. The molecule has 0 aromatic heterocycles. The molecule has 0 aliphatic carbocycles. The molecule has 2 N–H and O–H groups in total. The Morgan fingerprint density at radius 1 is 1.10 bits per heavy atom. The molecular formula is C15H15NO4S. The third kappa shape index (κ3) is 4.06. The summed E-state index contributed by atoms with van der Waals surface area (Å²) >= 11 is 0. The molecule has 0 aliphatic rings. The Balaban J connectivity index is 2.25. The van der Waals surface area contributed by atoms with E-state index in [4.69, 9.17) is 5.11 Å². The van der Waals surface area contributed by atoms with Gasteiger partial charge in [-0.3, -0.25) is 0 Å². The average Bonchev–Trinajstić information content (AvgIpc) is 2.45. The fourth-order valence-electron chi connectivity index (χ4n) is 1.90. The van der Waals surface area contributed by atoms with Gasteiger partial charge in [-0.05, 0) is 28.8 Å². The number of amides is 1. The van der Waals surface area contributed by atoms with E-state index in [1.54, 1.807) is 30.3 Å². The van der Waals surface area contributed by atoms with Crippen LogP contribution in [0.5, 0.6) is 0 Å². The van der Waals surface area contributed by atoms with Crippen molar-refractivity contribution in [3.63, 3.8) is 0 Å². The summed E-state index contributed by atoms with van der Waals surface area (Å²) in [5.41, 5.74) is 2.51. The van der Waals surface area contributed by atoms with Gasteiger partial charge in [-0.25, -0.2) is 13.2 Å². The number of hydrogen-bond donors (Lipinski definition) is 2. The highest BCUT2D eigenvalue weighted by Crippen LogP contribution is 2.22. The largest absolute Gasteiger partial charge is 0.465 e. The molecule has 21 heavy (non-hydrogen) atoms. The predicted octanol–water partition coefficient (Wildman–Crippen LogP) is 2.52. The van der Waals surface area contributed by atoms with Gasteiger partial charge in [0.25, 0.3) is 0 Å². The van der Waals surface area contributed by atoms with E-state index in [1.807, 2.05) is 18.2 Å². The summed E-state index contributed by atoms with van der Waals surface area (Å²) in [7, 11) is -3.23. The van der Waals surface area contributed by atoms with Crippen LogP contribution < -0.4 is 5.32 Å². The molecule has 0 aliphatic heterocycles. The predicted molar refractivity (Wildman–Crippen MR) is 79.9 cm³/mol. The maximum absolute atomic E-state index is 11.6. The van der Waals surface area contributed by atoms with Gasteiger partial charge in [0.05, 0.1) is 4.90 Å². The molecule has 5 nitrogen and oxygen atoms in total. The Morgan fingerprint density at radius 2 is 1.76 bits per heavy atom. The number of carbonyl (C=O) groups is 1. The van der Waals surface area contributed by atoms with Crippen molar-refractivity contribution >= 4 is 15.9 Å². The zero-order valence-corrected chi connectivity index (χ0v) is 12.2. The van der Waals surface area contributed by atoms with Crippen LogP contribution in [0.25, 0.3) is 11.1 Å². The zero-order valence-electron chi connectivity index (χ0n) is 11.4. The summed E-state index contributed by atoms with van der Waals surface area (Å²) in [5.74, 6) is 0. The van der Waals surface area contributed by atoms with Gasteiger partial charge in [-0.1, -0.05) is 36.4 Å². The third-order valence-corrected chi connectivity index (χ3v) is 4.10. The molecule has 2 aromatic rings. The van der Waals surface area contributed by atoms with Crippen molar-refractivity contribution in [3.05, 3.63) is 54.1 Å². The minimum Gasteiger partial charge on any atom is -0.465 e. The van der Waals surface area contributed by atoms with E-state index >= 15 is 0 Å². The summed E-state index contributed by atoms with van der Waals surface area (Å²) in [6.45, 7) is 0.235. The minimum atomic E-state index is -3.23. The molecule has 110 valence electrons. The topological polar surface area (TPSA) is 83.5 Å². The van der Waals surface area contributed by atoms with Crippen molar-refractivity contribution in [1.82, 2.24) is 5.32 Å². The molecule has 0 heterocycles. The van der Waals surface area contributed by atoms with Crippen molar-refractivity contribution < 1.29 is 18.3 Å². The minimum absolute atomic E-state index is 0.235. The Hall–Kier alpha value is -2.34. The van der Waals surface area contributed by atoms with Crippen LogP contribution in [0.2, 0.25) is 0 Å². The SMILES string of the molecule is CS(=O)(=O)c1cccc(-c2ccc(CNC(=O)O)cc2)c1. The van der Waals surface area contributed by atoms with Crippen LogP contribution in [0.4, 0.5) is 4.79 Å². The monoisotopic (exact) mass is 305 g/mol. The molecule has 0 spiro atoms. The lowest BCUT2D eigenvalue weighted by Gasteiger charge is -2.06. The standard InChI is InChI=1S/C15H15NO4S/c1-21(19,20)14-4-2-3-13(9-14)12-7-5-11(6-8-12)10-16-15(17)18/h2-9,16H,10H2,1H3,(H,17,18). The number of nitrogens with one attached hydrogen (secondary N) is 1. The first-order valence-corrected chi connectivity index (χ1v) is 8.11. The van der Waals surface area contributed by atoms with E-state index in [0.29, 0.717) is 0 Å². The van der Waals surface area contributed by atoms with Gasteiger partial charge in [0.2, 0.25) is 0 Å². The Bertz CT molecular complexity index is 751. The molecule has 0 bridgehead atoms. The molecule has 0 radical (unpaired) electrons. The highest BCUT2D eigenvalue weighted by atomic mass is 32.2. The van der Waals surface area contributed by atoms with Crippen molar-refractivity contribution in [1.29, 1.82) is 0 Å². The van der Waals surface area contributed by atoms with E-state index in [-0.39, 0.29) is 11.4 Å². The second-order valence-electron chi connectivity index (χ2n) is 4.66. The van der Waals surface area contributed by atoms with Crippen molar-refractivity contribution in [3.8, 4) is 11.1 Å². The summed E-state index contributed by atoms with van der Waals surface area (Å²) in [4.78, 5) is 10.7. The lowest BCUT2D eigenvalue weighted by atomic mass is 10.0. The fraction of sp³-hybridized carbons (Fsp3) is 0.133. The molecule has 0 saturated carbocycles. The molecular weight excluding hydrogens is 290 g/mol. The van der Waals surface area contributed by atoms with E-state index in [2.05, 4.69) is 5.32 Å². The van der Waals surface area contributed by atoms with Crippen molar-refractivity contribution in [2.24, 2.45) is 0 Å². The maximum Gasteiger partial charge on any atom is 0.404 e. The van der Waals surface area contributed by atoms with E-state index in [0.717, 1.165) is 16.7 Å². The second kappa shape index (κ2) is 5.97. The van der Waals surface area contributed by atoms with E-state index < -0.39 is 15.9 Å². The van der Waals surface area contributed by atoms with Gasteiger partial charge in [-0.2, -0.15) is 0 Å². The third-order valence-electron chi connectivity index (χ3n) is 2.99. The first-order valence-electron chi connectivity index (χ1n) is 6.22. The van der Waals surface area contributed by atoms with Gasteiger partial charge in [0.15, 0.2) is 9.84 Å². The van der Waals surface area contributed by atoms with Crippen LogP contribution in [-0.4, -0.2) is 25.9 Å². The van der Waals surface area contributed by atoms with E-state index in [9.17, 15) is 13.2 Å². The van der Waals surface area contributed by atoms with Crippen LogP contribution in [0.1, 0.15) is 5.56 Å². The first kappa shape index (κ1) is 15.1. The molecule has 2 rings (SSSR count). The maximum atomic E-state index is 11.6. The lowest BCUT2D eigenvalue weighted by molar-refractivity contribution is 0.194. The molecule has 0 atom stereocenters. The normalized spacial score (nSPS) is 11.1. The fourth-order valence-corrected chi connectivity index (χ4v) is 2.57. The zero-order chi connectivity index (χ0) is 15.5. The number of rotatable bonds is 4. The van der Waals surface area contributed by atoms with Crippen LogP contribution >= 0.6 is 0 Å². The highest BCUT2D eigenvalue weighted by Gasteiger charge is 2.08. The summed E-state index contributed by atoms with van der Waals surface area (Å²) in [5, 5.41) is 10.8. The Kier molecular flexibility index (Phi) is 4.28. The first-order chi connectivity index (χ1) is 9.86. The number of hydrogen-bond acceptors (Lipinski definition) is 3. The van der Waals surface area contributed by atoms with Crippen LogP contribution in [0.3, 0.4) is 0 Å². The van der Waals surface area contributed by atoms with Crippen LogP contribution in [0.15, 0.2) is 53.4 Å². The van der Waals surface area contributed by atoms with Crippen molar-refractivity contribution in [2.45, 2.75) is 11.4 Å². The molecule has 2 aromatic carbocycles. The molecule has 6 heteroatoms. The summed E-state index contributed by atoms with van der Waals surface area (Å²) in [6.07, 6.45) is 0.104. The lowest BCUT2D eigenvalue weighted by Crippen LogP contribution is -2.19. The number of sulfone groups is 1. The highest BCUT2D eigenvalue weighted by molar-refractivity contribution is 7.90. The van der Waals surface area contributed by atoms with Crippen LogP contribution in [-0.2, 0) is 16.4 Å². The van der Waals surface area contributed by atoms with Crippen molar-refractivity contribution in [2.75, 3.05) is 6.26 Å². The Labute approximate surface area is 123 Å². The molecule has 0 saturated heterocycles. The Morgan fingerprint density at radius 3 is 2.33 bits per heavy atom. The van der Waals surface area contributed by atoms with Gasteiger partial charge in [0, 0.05) is 12.8 Å². The smallest absolute Gasteiger partial charge is 0.404 e. The second-order valence-corrected chi connectivity index (χ2v) is 6.67. The number of carboxylic acid groups (broad SMARTS) is 1. The molecule has 0 unspecified atom stereocenters. The number of benzene rings is 2. The van der Waals surface area contributed by atoms with E-state index in [1.165, 1.54) is 6.26 Å². The average molecular weight is 305 g/mol. The summed E-state index contributed by atoms with van der Waals surface area (Å²) in [6, 6.07) is 14.0. The van der Waals surface area contributed by atoms with Gasteiger partial charge < -0.3 is 10.4 Å². The van der Waals surface area contributed by atoms with Crippen LogP contribution in [0, 0.1) is 0 Å². The van der Waals surface area contributed by atoms with Gasteiger partial charge in [-0.15, -0.1) is 0 Å². The molecule has 0 fully saturated rings.